The Morgan fingerprint density at radius 2 is 2.27 bits per heavy atom. The van der Waals surface area contributed by atoms with Gasteiger partial charge in [0, 0.05) is 56.8 Å². The molecule has 1 amide bonds. The van der Waals surface area contributed by atoms with Crippen molar-refractivity contribution in [1.82, 2.24) is 15.1 Å². The summed E-state index contributed by atoms with van der Waals surface area (Å²) in [6.45, 7) is 1.06. The summed E-state index contributed by atoms with van der Waals surface area (Å²) in [5.41, 5.74) is 1.03. The number of hydrogen-bond acceptors (Lipinski definition) is 5. The minimum atomic E-state index is -0.422. The SMILES string of the molecule is C#CCCC1(CCC(=O)N2CCc3n[nH]c(=O)cc3C2)N=N1. The molecule has 0 aliphatic carbocycles. The Morgan fingerprint density at radius 3 is 3.00 bits per heavy atom. The first kappa shape index (κ1) is 14.4. The van der Waals surface area contributed by atoms with Crippen LogP contribution in [-0.4, -0.2) is 33.2 Å². The van der Waals surface area contributed by atoms with E-state index >= 15 is 0 Å². The van der Waals surface area contributed by atoms with Crippen LogP contribution in [0.25, 0.3) is 0 Å². The van der Waals surface area contributed by atoms with Gasteiger partial charge in [-0.05, 0) is 0 Å². The van der Waals surface area contributed by atoms with E-state index in [1.165, 1.54) is 6.07 Å². The largest absolute Gasteiger partial charge is 0.338 e. The number of aromatic nitrogens is 2. The molecule has 1 aromatic heterocycles. The third-order valence-electron chi connectivity index (χ3n) is 4.10. The van der Waals surface area contributed by atoms with E-state index in [9.17, 15) is 9.59 Å². The van der Waals surface area contributed by atoms with Crippen LogP contribution in [-0.2, 0) is 17.8 Å². The highest BCUT2D eigenvalue weighted by Crippen LogP contribution is 2.37. The zero-order valence-electron chi connectivity index (χ0n) is 12.2. The van der Waals surface area contributed by atoms with Gasteiger partial charge in [-0.2, -0.15) is 15.3 Å². The van der Waals surface area contributed by atoms with Crippen LogP contribution in [0.2, 0.25) is 0 Å². The number of hydrogen-bond donors (Lipinski definition) is 1. The normalized spacial score (nSPS) is 17.7. The Balaban J connectivity index is 1.56. The summed E-state index contributed by atoms with van der Waals surface area (Å²) in [7, 11) is 0. The topological polar surface area (TPSA) is 90.8 Å². The number of nitrogens with zero attached hydrogens (tertiary/aromatic N) is 4. The van der Waals surface area contributed by atoms with E-state index in [-0.39, 0.29) is 11.5 Å². The highest BCUT2D eigenvalue weighted by molar-refractivity contribution is 5.76. The molecule has 0 spiro atoms. The van der Waals surface area contributed by atoms with Gasteiger partial charge in [0.05, 0.1) is 5.69 Å². The van der Waals surface area contributed by atoms with Gasteiger partial charge >= 0.3 is 0 Å². The smallest absolute Gasteiger partial charge is 0.264 e. The third kappa shape index (κ3) is 3.06. The molecule has 7 nitrogen and oxygen atoms in total. The molecule has 3 heterocycles. The van der Waals surface area contributed by atoms with Gasteiger partial charge < -0.3 is 4.90 Å². The molecule has 2 aliphatic rings. The van der Waals surface area contributed by atoms with E-state index in [4.69, 9.17) is 6.42 Å². The maximum absolute atomic E-state index is 12.3. The number of fused-ring (bicyclic) bond motifs is 1. The number of rotatable bonds is 5. The Kier molecular flexibility index (Phi) is 3.75. The Bertz CT molecular complexity index is 709. The molecule has 114 valence electrons. The summed E-state index contributed by atoms with van der Waals surface area (Å²) in [5, 5.41) is 14.5. The molecule has 0 radical (unpaired) electrons. The number of H-pyrrole nitrogens is 1. The van der Waals surface area contributed by atoms with E-state index in [2.05, 4.69) is 26.3 Å². The number of nitrogens with one attached hydrogen (secondary N) is 1. The number of amides is 1. The second-order valence-electron chi connectivity index (χ2n) is 5.66. The van der Waals surface area contributed by atoms with E-state index in [1.807, 2.05) is 0 Å². The van der Waals surface area contributed by atoms with Gasteiger partial charge in [-0.3, -0.25) is 9.59 Å². The van der Waals surface area contributed by atoms with Crippen LogP contribution in [0.4, 0.5) is 0 Å². The zero-order valence-corrected chi connectivity index (χ0v) is 12.2. The van der Waals surface area contributed by atoms with Crippen LogP contribution in [0.15, 0.2) is 21.1 Å². The zero-order chi connectivity index (χ0) is 15.6. The van der Waals surface area contributed by atoms with Crippen LogP contribution in [0.3, 0.4) is 0 Å². The molecule has 0 atom stereocenters. The molecule has 22 heavy (non-hydrogen) atoms. The maximum Gasteiger partial charge on any atom is 0.264 e. The van der Waals surface area contributed by atoms with E-state index in [0.29, 0.717) is 45.2 Å². The van der Waals surface area contributed by atoms with E-state index in [0.717, 1.165) is 11.3 Å². The van der Waals surface area contributed by atoms with E-state index in [1.54, 1.807) is 4.90 Å². The number of terminal acetylenes is 1. The average molecular weight is 299 g/mol. The molecule has 0 bridgehead atoms. The summed E-state index contributed by atoms with van der Waals surface area (Å²) < 4.78 is 0. The van der Waals surface area contributed by atoms with Crippen molar-refractivity contribution in [3.05, 3.63) is 27.7 Å². The van der Waals surface area contributed by atoms with Crippen LogP contribution in [0.5, 0.6) is 0 Å². The lowest BCUT2D eigenvalue weighted by Gasteiger charge is -2.28. The van der Waals surface area contributed by atoms with Gasteiger partial charge in [-0.1, -0.05) is 0 Å². The van der Waals surface area contributed by atoms with Crippen molar-refractivity contribution in [2.45, 2.75) is 44.3 Å². The summed E-state index contributed by atoms with van der Waals surface area (Å²) in [4.78, 5) is 25.4. The fourth-order valence-corrected chi connectivity index (χ4v) is 2.69. The number of carbonyl (C=O) groups excluding carboxylic acids is 1. The second kappa shape index (κ2) is 5.72. The number of carbonyl (C=O) groups is 1. The highest BCUT2D eigenvalue weighted by Gasteiger charge is 2.39. The third-order valence-corrected chi connectivity index (χ3v) is 4.10. The summed E-state index contributed by atoms with van der Waals surface area (Å²) in [6.07, 6.45) is 8.23. The Morgan fingerprint density at radius 1 is 1.45 bits per heavy atom. The highest BCUT2D eigenvalue weighted by atomic mass is 16.2. The first-order chi connectivity index (χ1) is 10.6. The lowest BCUT2D eigenvalue weighted by atomic mass is 10.0. The van der Waals surface area contributed by atoms with Crippen LogP contribution < -0.4 is 5.56 Å². The molecule has 0 saturated carbocycles. The molecule has 1 aromatic rings. The van der Waals surface area contributed by atoms with Crippen LogP contribution in [0, 0.1) is 12.3 Å². The van der Waals surface area contributed by atoms with Crippen molar-refractivity contribution < 1.29 is 4.79 Å². The van der Waals surface area contributed by atoms with Gasteiger partial charge in [0.15, 0.2) is 5.66 Å². The van der Waals surface area contributed by atoms with Crippen molar-refractivity contribution in [1.29, 1.82) is 0 Å². The molecular weight excluding hydrogens is 282 g/mol. The standard InChI is InChI=1S/C15H17N5O2/c1-2-3-6-15(18-19-15)7-4-14(22)20-8-5-12-11(10-20)9-13(21)17-16-12/h1,9H,3-8,10H2,(H,17,21). The summed E-state index contributed by atoms with van der Waals surface area (Å²) >= 11 is 0. The van der Waals surface area contributed by atoms with Gasteiger partial charge in [-0.25, -0.2) is 5.10 Å². The van der Waals surface area contributed by atoms with Crippen molar-refractivity contribution in [2.75, 3.05) is 6.54 Å². The molecular formula is C15H17N5O2. The van der Waals surface area contributed by atoms with Crippen molar-refractivity contribution >= 4 is 5.91 Å². The minimum absolute atomic E-state index is 0.0586. The van der Waals surface area contributed by atoms with Gasteiger partial charge in [0.25, 0.3) is 5.56 Å². The molecule has 1 N–H and O–H groups in total. The average Bonchev–Trinajstić information content (AvgIpc) is 3.30. The first-order valence-electron chi connectivity index (χ1n) is 7.35. The lowest BCUT2D eigenvalue weighted by molar-refractivity contribution is -0.132. The molecule has 0 fully saturated rings. The monoisotopic (exact) mass is 299 g/mol. The molecule has 0 unspecified atom stereocenters. The van der Waals surface area contributed by atoms with E-state index < -0.39 is 5.66 Å². The van der Waals surface area contributed by atoms with Crippen LogP contribution >= 0.6 is 0 Å². The van der Waals surface area contributed by atoms with Gasteiger partial charge in [0.1, 0.15) is 0 Å². The molecule has 7 heteroatoms. The van der Waals surface area contributed by atoms with Gasteiger partial charge in [0.2, 0.25) is 5.91 Å². The first-order valence-corrected chi connectivity index (χ1v) is 7.35. The summed E-state index contributed by atoms with van der Waals surface area (Å²) in [6, 6.07) is 1.52. The number of aromatic amines is 1. The predicted molar refractivity (Wildman–Crippen MR) is 78.9 cm³/mol. The second-order valence-corrected chi connectivity index (χ2v) is 5.66. The Hall–Kier alpha value is -2.49. The van der Waals surface area contributed by atoms with Crippen molar-refractivity contribution in [3.8, 4) is 12.3 Å². The lowest BCUT2D eigenvalue weighted by Crippen LogP contribution is -2.37. The van der Waals surface area contributed by atoms with Gasteiger partial charge in [-0.15, -0.1) is 12.3 Å². The minimum Gasteiger partial charge on any atom is -0.338 e. The van der Waals surface area contributed by atoms with Crippen LogP contribution in [0.1, 0.15) is 36.9 Å². The molecule has 2 aliphatic heterocycles. The quantitative estimate of drug-likeness (QED) is 0.823. The maximum atomic E-state index is 12.3. The predicted octanol–water partition coefficient (Wildman–Crippen LogP) is 1.01. The van der Waals surface area contributed by atoms with Crippen molar-refractivity contribution in [3.63, 3.8) is 0 Å². The Labute approximate surface area is 127 Å². The molecule has 3 rings (SSSR count). The molecule has 0 saturated heterocycles. The summed E-state index contributed by atoms with van der Waals surface area (Å²) in [5.74, 6) is 2.63. The van der Waals surface area contributed by atoms with Crippen molar-refractivity contribution in [2.24, 2.45) is 10.2 Å². The fraction of sp³-hybridized carbons (Fsp3) is 0.533. The fourth-order valence-electron chi connectivity index (χ4n) is 2.69. The molecule has 0 aromatic carbocycles.